The summed E-state index contributed by atoms with van der Waals surface area (Å²) in [5.74, 6) is 0.0402. The van der Waals surface area contributed by atoms with Crippen molar-refractivity contribution >= 4 is 11.9 Å². The minimum atomic E-state index is -1.16. The number of halogens is 1. The molecule has 0 aliphatic rings. The van der Waals surface area contributed by atoms with E-state index in [2.05, 4.69) is 5.92 Å². The molecule has 0 radical (unpaired) electrons. The molecule has 0 bridgehead atoms. The molecule has 1 N–H and O–H groups in total. The summed E-state index contributed by atoms with van der Waals surface area (Å²) in [5.41, 5.74) is 0.197. The highest BCUT2D eigenvalue weighted by Crippen LogP contribution is 2.06. The average Bonchev–Trinajstić information content (AvgIpc) is 2.28. The Labute approximate surface area is 97.7 Å². The molecule has 0 aliphatic carbocycles. The monoisotopic (exact) mass is 235 g/mol. The molecule has 1 rings (SSSR count). The first-order valence-corrected chi connectivity index (χ1v) is 4.74. The van der Waals surface area contributed by atoms with Crippen LogP contribution >= 0.6 is 0 Å². The molecule has 0 heterocycles. The molecular formula is C12H10FNO3. The molecule has 0 saturated heterocycles. The third-order valence-electron chi connectivity index (χ3n) is 1.99. The van der Waals surface area contributed by atoms with Crippen LogP contribution in [0.1, 0.15) is 10.4 Å². The maximum atomic E-state index is 12.7. The van der Waals surface area contributed by atoms with Gasteiger partial charge in [-0.3, -0.25) is 9.59 Å². The fourth-order valence-electron chi connectivity index (χ4n) is 1.25. The molecule has 1 aromatic carbocycles. The first-order chi connectivity index (χ1) is 8.04. The van der Waals surface area contributed by atoms with Gasteiger partial charge in [0.15, 0.2) is 0 Å². The highest BCUT2D eigenvalue weighted by Gasteiger charge is 2.17. The lowest BCUT2D eigenvalue weighted by Gasteiger charge is -2.17. The Morgan fingerprint density at radius 3 is 2.41 bits per heavy atom. The normalized spacial score (nSPS) is 9.41. The summed E-state index contributed by atoms with van der Waals surface area (Å²) < 4.78 is 12.7. The van der Waals surface area contributed by atoms with Gasteiger partial charge in [-0.15, -0.1) is 6.42 Å². The van der Waals surface area contributed by atoms with Gasteiger partial charge in [-0.05, 0) is 24.3 Å². The maximum Gasteiger partial charge on any atom is 0.323 e. The van der Waals surface area contributed by atoms with Gasteiger partial charge in [0.1, 0.15) is 12.4 Å². The van der Waals surface area contributed by atoms with Crippen LogP contribution < -0.4 is 0 Å². The molecule has 4 nitrogen and oxygen atoms in total. The highest BCUT2D eigenvalue weighted by atomic mass is 19.1. The van der Waals surface area contributed by atoms with Crippen molar-refractivity contribution in [2.75, 3.05) is 13.1 Å². The van der Waals surface area contributed by atoms with Gasteiger partial charge < -0.3 is 10.0 Å². The Hall–Kier alpha value is -2.35. The Bertz CT molecular complexity index is 462. The van der Waals surface area contributed by atoms with Gasteiger partial charge in [-0.1, -0.05) is 5.92 Å². The summed E-state index contributed by atoms with van der Waals surface area (Å²) in [6, 6.07) is 4.82. The molecule has 0 aromatic heterocycles. The molecule has 5 heteroatoms. The summed E-state index contributed by atoms with van der Waals surface area (Å²) in [5, 5.41) is 8.63. The fourth-order valence-corrected chi connectivity index (χ4v) is 1.25. The van der Waals surface area contributed by atoms with Crippen LogP contribution in [0, 0.1) is 18.2 Å². The molecule has 0 fully saturated rings. The number of hydrogen-bond acceptors (Lipinski definition) is 2. The second-order valence-corrected chi connectivity index (χ2v) is 3.27. The molecular weight excluding hydrogens is 225 g/mol. The Morgan fingerprint density at radius 2 is 1.94 bits per heavy atom. The molecule has 88 valence electrons. The van der Waals surface area contributed by atoms with Crippen molar-refractivity contribution in [3.8, 4) is 12.3 Å². The summed E-state index contributed by atoms with van der Waals surface area (Å²) in [6.45, 7) is -0.594. The predicted molar refractivity (Wildman–Crippen MR) is 58.8 cm³/mol. The number of carboxylic acid groups (broad SMARTS) is 1. The van der Waals surface area contributed by atoms with E-state index in [1.807, 2.05) is 0 Å². The van der Waals surface area contributed by atoms with Gasteiger partial charge >= 0.3 is 5.97 Å². The predicted octanol–water partition coefficient (Wildman–Crippen LogP) is 0.986. The topological polar surface area (TPSA) is 57.6 Å². The fraction of sp³-hybridized carbons (Fsp3) is 0.167. The number of benzene rings is 1. The number of carbonyl (C=O) groups is 2. The van der Waals surface area contributed by atoms with E-state index in [9.17, 15) is 14.0 Å². The van der Waals surface area contributed by atoms with E-state index < -0.39 is 24.2 Å². The number of rotatable bonds is 4. The van der Waals surface area contributed by atoms with E-state index >= 15 is 0 Å². The van der Waals surface area contributed by atoms with E-state index in [1.54, 1.807) is 0 Å². The zero-order valence-corrected chi connectivity index (χ0v) is 8.89. The Balaban J connectivity index is 2.88. The molecule has 0 unspecified atom stereocenters. The van der Waals surface area contributed by atoms with E-state index in [0.29, 0.717) is 0 Å². The van der Waals surface area contributed by atoms with Gasteiger partial charge in [0.25, 0.3) is 5.91 Å². The van der Waals surface area contributed by atoms with Gasteiger partial charge in [-0.2, -0.15) is 0 Å². The van der Waals surface area contributed by atoms with Crippen LogP contribution in [0.3, 0.4) is 0 Å². The maximum absolute atomic E-state index is 12.7. The van der Waals surface area contributed by atoms with Crippen LogP contribution in [0.25, 0.3) is 0 Å². The van der Waals surface area contributed by atoms with Gasteiger partial charge in [-0.25, -0.2) is 4.39 Å². The first-order valence-electron chi connectivity index (χ1n) is 4.74. The summed E-state index contributed by atoms with van der Waals surface area (Å²) in [4.78, 5) is 23.4. The van der Waals surface area contributed by atoms with Crippen molar-refractivity contribution in [3.63, 3.8) is 0 Å². The van der Waals surface area contributed by atoms with Crippen LogP contribution in [0.15, 0.2) is 24.3 Å². The summed E-state index contributed by atoms with van der Waals surface area (Å²) in [6.07, 6.45) is 5.05. The average molecular weight is 235 g/mol. The lowest BCUT2D eigenvalue weighted by molar-refractivity contribution is -0.137. The minimum Gasteiger partial charge on any atom is -0.480 e. The van der Waals surface area contributed by atoms with Gasteiger partial charge in [0, 0.05) is 5.56 Å². The zero-order chi connectivity index (χ0) is 12.8. The van der Waals surface area contributed by atoms with Gasteiger partial charge in [0.2, 0.25) is 0 Å². The first kappa shape index (κ1) is 12.7. The second kappa shape index (κ2) is 5.66. The molecule has 1 aromatic rings. The third-order valence-corrected chi connectivity index (χ3v) is 1.99. The number of carbonyl (C=O) groups excluding carboxylic acids is 1. The molecule has 0 aliphatic heterocycles. The summed E-state index contributed by atoms with van der Waals surface area (Å²) >= 11 is 0. The zero-order valence-electron chi connectivity index (χ0n) is 8.89. The molecule has 0 spiro atoms. The highest BCUT2D eigenvalue weighted by molar-refractivity contribution is 5.95. The number of aliphatic carboxylic acids is 1. The number of amides is 1. The van der Waals surface area contributed by atoms with Crippen LogP contribution in [0.5, 0.6) is 0 Å². The Morgan fingerprint density at radius 1 is 1.35 bits per heavy atom. The molecule has 17 heavy (non-hydrogen) atoms. The van der Waals surface area contributed by atoms with Crippen molar-refractivity contribution in [2.45, 2.75) is 0 Å². The number of hydrogen-bond donors (Lipinski definition) is 1. The lowest BCUT2D eigenvalue weighted by Crippen LogP contribution is -2.35. The molecule has 1 amide bonds. The van der Waals surface area contributed by atoms with Gasteiger partial charge in [0.05, 0.1) is 6.54 Å². The van der Waals surface area contributed by atoms with Crippen molar-refractivity contribution in [1.82, 2.24) is 4.90 Å². The van der Waals surface area contributed by atoms with Crippen molar-refractivity contribution in [1.29, 1.82) is 0 Å². The number of nitrogens with zero attached hydrogens (tertiary/aromatic N) is 1. The van der Waals surface area contributed by atoms with E-state index in [1.165, 1.54) is 12.1 Å². The summed E-state index contributed by atoms with van der Waals surface area (Å²) in [7, 11) is 0. The van der Waals surface area contributed by atoms with Crippen LogP contribution in [-0.4, -0.2) is 35.0 Å². The van der Waals surface area contributed by atoms with Crippen LogP contribution in [0.4, 0.5) is 4.39 Å². The SMILES string of the molecule is C#CCN(CC(=O)O)C(=O)c1ccc(F)cc1. The Kier molecular flexibility index (Phi) is 4.23. The van der Waals surface area contributed by atoms with E-state index in [4.69, 9.17) is 11.5 Å². The number of carboxylic acids is 1. The quantitative estimate of drug-likeness (QED) is 0.791. The van der Waals surface area contributed by atoms with Crippen molar-refractivity contribution in [3.05, 3.63) is 35.6 Å². The lowest BCUT2D eigenvalue weighted by atomic mass is 10.2. The molecule has 0 atom stereocenters. The largest absolute Gasteiger partial charge is 0.480 e. The van der Waals surface area contributed by atoms with Crippen LogP contribution in [-0.2, 0) is 4.79 Å². The minimum absolute atomic E-state index is 0.109. The van der Waals surface area contributed by atoms with Crippen LogP contribution in [0.2, 0.25) is 0 Å². The second-order valence-electron chi connectivity index (χ2n) is 3.27. The smallest absolute Gasteiger partial charge is 0.323 e. The third kappa shape index (κ3) is 3.61. The van der Waals surface area contributed by atoms with Crippen molar-refractivity contribution < 1.29 is 19.1 Å². The number of terminal acetylenes is 1. The molecule has 0 saturated carbocycles. The van der Waals surface area contributed by atoms with E-state index in [0.717, 1.165) is 17.0 Å². The van der Waals surface area contributed by atoms with Crippen molar-refractivity contribution in [2.24, 2.45) is 0 Å². The van der Waals surface area contributed by atoms with E-state index in [-0.39, 0.29) is 12.1 Å². The standard InChI is InChI=1S/C12H10FNO3/c1-2-7-14(8-11(15)16)12(17)9-3-5-10(13)6-4-9/h1,3-6H,7-8H2,(H,15,16).